The number of carbonyl (C=O) groups excluding carboxylic acids is 1. The number of amides is 1. The minimum Gasteiger partial charge on any atom is -0.378 e. The quantitative estimate of drug-likeness (QED) is 0.803. The summed E-state index contributed by atoms with van der Waals surface area (Å²) >= 11 is 0. The van der Waals surface area contributed by atoms with E-state index in [0.29, 0.717) is 43.5 Å². The van der Waals surface area contributed by atoms with Gasteiger partial charge >= 0.3 is 0 Å². The molecule has 150 valence electrons. The van der Waals surface area contributed by atoms with Crippen LogP contribution in [0.3, 0.4) is 0 Å². The molecule has 28 heavy (non-hydrogen) atoms. The number of ether oxygens (including phenoxy) is 1. The maximum atomic E-state index is 12.6. The number of nitrogens with zero attached hydrogens (tertiary/aromatic N) is 1. The minimum atomic E-state index is -3.68. The Morgan fingerprint density at radius 1 is 1.07 bits per heavy atom. The number of carbonyl (C=O) groups is 1. The Hall–Kier alpha value is -2.38. The van der Waals surface area contributed by atoms with Crippen molar-refractivity contribution >= 4 is 21.6 Å². The zero-order chi connectivity index (χ0) is 20.1. The highest BCUT2D eigenvalue weighted by Gasteiger charge is 2.19. The lowest BCUT2D eigenvalue weighted by Crippen LogP contribution is -2.40. The molecule has 1 unspecified atom stereocenters. The first-order valence-electron chi connectivity index (χ1n) is 9.50. The summed E-state index contributed by atoms with van der Waals surface area (Å²) < 4.78 is 33.1. The van der Waals surface area contributed by atoms with Crippen LogP contribution in [0.1, 0.15) is 42.1 Å². The van der Waals surface area contributed by atoms with Crippen molar-refractivity contribution in [2.75, 3.05) is 31.0 Å². The van der Waals surface area contributed by atoms with E-state index in [4.69, 9.17) is 4.74 Å². The summed E-state index contributed by atoms with van der Waals surface area (Å²) in [6.45, 7) is 6.43. The van der Waals surface area contributed by atoms with E-state index in [1.165, 1.54) is 0 Å². The summed E-state index contributed by atoms with van der Waals surface area (Å²) in [7, 11) is -3.68. The molecule has 0 aliphatic carbocycles. The first-order chi connectivity index (χ1) is 13.4. The van der Waals surface area contributed by atoms with Crippen molar-refractivity contribution in [3.8, 4) is 0 Å². The Balaban J connectivity index is 1.69. The third-order valence-electron chi connectivity index (χ3n) is 5.05. The van der Waals surface area contributed by atoms with Crippen LogP contribution in [-0.2, 0) is 14.8 Å². The zero-order valence-corrected chi connectivity index (χ0v) is 17.0. The number of sulfonamides is 1. The Kier molecular flexibility index (Phi) is 6.36. The van der Waals surface area contributed by atoms with Gasteiger partial charge in [0.1, 0.15) is 0 Å². The standard InChI is InChI=1S/C21H26N2O4S/c1-3-16(2)17-6-10-20(11-7-17)28(25,26)22-19-8-4-18(5-9-19)21(24)23-12-14-27-15-13-23/h4-11,16,22H,3,12-15H2,1-2H3. The van der Waals surface area contributed by atoms with Crippen LogP contribution in [0.25, 0.3) is 0 Å². The van der Waals surface area contributed by atoms with Gasteiger partial charge in [0.15, 0.2) is 0 Å². The van der Waals surface area contributed by atoms with Crippen LogP contribution in [0.15, 0.2) is 53.4 Å². The summed E-state index contributed by atoms with van der Waals surface area (Å²) in [5, 5.41) is 0. The lowest BCUT2D eigenvalue weighted by atomic mass is 9.99. The van der Waals surface area contributed by atoms with Gasteiger partial charge in [0.25, 0.3) is 15.9 Å². The average Bonchev–Trinajstić information content (AvgIpc) is 2.73. The number of anilines is 1. The Morgan fingerprint density at radius 2 is 1.68 bits per heavy atom. The van der Waals surface area contributed by atoms with Crippen molar-refractivity contribution in [3.05, 3.63) is 59.7 Å². The highest BCUT2D eigenvalue weighted by Crippen LogP contribution is 2.22. The molecule has 0 aromatic heterocycles. The Morgan fingerprint density at radius 3 is 2.25 bits per heavy atom. The number of benzene rings is 2. The summed E-state index contributed by atoms with van der Waals surface area (Å²) in [4.78, 5) is 14.4. The van der Waals surface area contributed by atoms with Crippen molar-refractivity contribution in [2.24, 2.45) is 0 Å². The molecule has 3 rings (SSSR count). The molecular formula is C21H26N2O4S. The monoisotopic (exact) mass is 402 g/mol. The maximum Gasteiger partial charge on any atom is 0.261 e. The fourth-order valence-corrected chi connectivity index (χ4v) is 4.11. The number of nitrogens with one attached hydrogen (secondary N) is 1. The molecule has 1 saturated heterocycles. The topological polar surface area (TPSA) is 75.7 Å². The SMILES string of the molecule is CCC(C)c1ccc(S(=O)(=O)Nc2ccc(C(=O)N3CCOCC3)cc2)cc1. The first kappa shape index (κ1) is 20.4. The molecule has 0 radical (unpaired) electrons. The van der Waals surface area contributed by atoms with Gasteiger partial charge in [0.2, 0.25) is 0 Å². The van der Waals surface area contributed by atoms with Crippen LogP contribution in [0, 0.1) is 0 Å². The molecule has 1 N–H and O–H groups in total. The van der Waals surface area contributed by atoms with Gasteiger partial charge in [-0.1, -0.05) is 26.0 Å². The molecule has 2 aromatic carbocycles. The van der Waals surface area contributed by atoms with Gasteiger partial charge in [-0.2, -0.15) is 0 Å². The lowest BCUT2D eigenvalue weighted by molar-refractivity contribution is 0.0303. The molecule has 6 nitrogen and oxygen atoms in total. The van der Waals surface area contributed by atoms with Crippen molar-refractivity contribution < 1.29 is 17.9 Å². The van der Waals surface area contributed by atoms with Crippen LogP contribution in [-0.4, -0.2) is 45.5 Å². The van der Waals surface area contributed by atoms with Crippen molar-refractivity contribution in [1.29, 1.82) is 0 Å². The Labute approximate surface area is 166 Å². The maximum absolute atomic E-state index is 12.6. The Bertz CT molecular complexity index is 902. The fourth-order valence-electron chi connectivity index (χ4n) is 3.06. The van der Waals surface area contributed by atoms with Gasteiger partial charge in [-0.15, -0.1) is 0 Å². The molecule has 7 heteroatoms. The second kappa shape index (κ2) is 8.75. The molecule has 0 saturated carbocycles. The molecule has 1 aliphatic heterocycles. The molecule has 0 bridgehead atoms. The molecule has 1 heterocycles. The summed E-state index contributed by atoms with van der Waals surface area (Å²) in [6.07, 6.45) is 1.000. The number of rotatable bonds is 6. The van der Waals surface area contributed by atoms with Gasteiger partial charge in [-0.25, -0.2) is 8.42 Å². The predicted octanol–water partition coefficient (Wildman–Crippen LogP) is 3.47. The number of morpholine rings is 1. The van der Waals surface area contributed by atoms with E-state index in [2.05, 4.69) is 18.6 Å². The van der Waals surface area contributed by atoms with E-state index in [9.17, 15) is 13.2 Å². The number of hydrogen-bond acceptors (Lipinski definition) is 4. The molecule has 1 fully saturated rings. The molecule has 0 spiro atoms. The largest absolute Gasteiger partial charge is 0.378 e. The van der Waals surface area contributed by atoms with Gasteiger partial charge in [0, 0.05) is 24.3 Å². The van der Waals surface area contributed by atoms with Crippen LogP contribution in [0.2, 0.25) is 0 Å². The smallest absolute Gasteiger partial charge is 0.261 e. The first-order valence-corrected chi connectivity index (χ1v) is 11.0. The third-order valence-corrected chi connectivity index (χ3v) is 6.45. The van der Waals surface area contributed by atoms with Gasteiger partial charge in [-0.05, 0) is 54.3 Å². The molecular weight excluding hydrogens is 376 g/mol. The highest BCUT2D eigenvalue weighted by atomic mass is 32.2. The van der Waals surface area contributed by atoms with E-state index in [1.807, 2.05) is 12.1 Å². The molecule has 1 aliphatic rings. The molecule has 1 atom stereocenters. The summed E-state index contributed by atoms with van der Waals surface area (Å²) in [5.41, 5.74) is 2.07. The van der Waals surface area contributed by atoms with E-state index in [0.717, 1.165) is 12.0 Å². The minimum absolute atomic E-state index is 0.0710. The second-order valence-corrected chi connectivity index (χ2v) is 8.65. The summed E-state index contributed by atoms with van der Waals surface area (Å²) in [5.74, 6) is 0.319. The van der Waals surface area contributed by atoms with E-state index < -0.39 is 10.0 Å². The lowest BCUT2D eigenvalue weighted by Gasteiger charge is -2.26. The summed E-state index contributed by atoms with van der Waals surface area (Å²) in [6, 6.07) is 13.5. The van der Waals surface area contributed by atoms with E-state index in [-0.39, 0.29) is 10.8 Å². The predicted molar refractivity (Wildman–Crippen MR) is 109 cm³/mol. The van der Waals surface area contributed by atoms with Crippen LogP contribution < -0.4 is 4.72 Å². The van der Waals surface area contributed by atoms with Gasteiger partial charge in [-0.3, -0.25) is 9.52 Å². The highest BCUT2D eigenvalue weighted by molar-refractivity contribution is 7.92. The van der Waals surface area contributed by atoms with Crippen molar-refractivity contribution in [1.82, 2.24) is 4.90 Å². The zero-order valence-electron chi connectivity index (χ0n) is 16.2. The molecule has 1 amide bonds. The van der Waals surface area contributed by atoms with Crippen LogP contribution >= 0.6 is 0 Å². The second-order valence-electron chi connectivity index (χ2n) is 6.97. The average molecular weight is 403 g/mol. The third kappa shape index (κ3) is 4.72. The van der Waals surface area contributed by atoms with Crippen LogP contribution in [0.4, 0.5) is 5.69 Å². The van der Waals surface area contributed by atoms with Crippen molar-refractivity contribution in [2.45, 2.75) is 31.1 Å². The van der Waals surface area contributed by atoms with Gasteiger partial charge < -0.3 is 9.64 Å². The van der Waals surface area contributed by atoms with Crippen LogP contribution in [0.5, 0.6) is 0 Å². The fraction of sp³-hybridized carbons (Fsp3) is 0.381. The molecule has 2 aromatic rings. The normalized spacial score (nSPS) is 15.9. The van der Waals surface area contributed by atoms with Gasteiger partial charge in [0.05, 0.1) is 18.1 Å². The van der Waals surface area contributed by atoms with Crippen molar-refractivity contribution in [3.63, 3.8) is 0 Å². The number of hydrogen-bond donors (Lipinski definition) is 1. The van der Waals surface area contributed by atoms with E-state index in [1.54, 1.807) is 41.3 Å². The van der Waals surface area contributed by atoms with E-state index >= 15 is 0 Å².